The Kier molecular flexibility index (Phi) is 9.18. The number of hydrogen-bond donors (Lipinski definition) is 2. The van der Waals surface area contributed by atoms with Gasteiger partial charge in [-0.3, -0.25) is 4.99 Å². The van der Waals surface area contributed by atoms with Gasteiger partial charge in [0.15, 0.2) is 5.96 Å². The Bertz CT molecular complexity index is 480. The third-order valence-corrected chi connectivity index (χ3v) is 2.87. The Hall–Kier alpha value is -0.580. The van der Waals surface area contributed by atoms with E-state index in [1.807, 2.05) is 0 Å². The Labute approximate surface area is 145 Å². The summed E-state index contributed by atoms with van der Waals surface area (Å²) in [4.78, 5) is 3.77. The van der Waals surface area contributed by atoms with Gasteiger partial charge in [0.05, 0.1) is 6.42 Å². The van der Waals surface area contributed by atoms with Gasteiger partial charge in [-0.2, -0.15) is 13.2 Å². The van der Waals surface area contributed by atoms with Gasteiger partial charge in [-0.05, 0) is 18.2 Å². The first-order chi connectivity index (χ1) is 9.31. The van der Waals surface area contributed by atoms with Crippen molar-refractivity contribution < 1.29 is 17.6 Å². The normalized spacial score (nSPS) is 11.8. The molecule has 0 bridgehead atoms. The molecular weight excluding hydrogens is 469 g/mol. The van der Waals surface area contributed by atoms with Crippen molar-refractivity contribution in [3.8, 4) is 0 Å². The van der Waals surface area contributed by atoms with Crippen molar-refractivity contribution in [1.29, 1.82) is 0 Å². The molecule has 0 aliphatic carbocycles. The molecule has 0 aliphatic rings. The Morgan fingerprint density at radius 3 is 2.52 bits per heavy atom. The summed E-state index contributed by atoms with van der Waals surface area (Å²) in [7, 11) is 1.43. The van der Waals surface area contributed by atoms with Crippen LogP contribution in [0.1, 0.15) is 12.0 Å². The molecule has 0 aromatic heterocycles. The molecule has 0 saturated heterocycles. The Balaban J connectivity index is 0.00000400. The van der Waals surface area contributed by atoms with Crippen LogP contribution in [-0.2, 0) is 6.54 Å². The zero-order valence-corrected chi connectivity index (χ0v) is 15.0. The predicted molar refractivity (Wildman–Crippen MR) is 88.4 cm³/mol. The number of rotatable bonds is 4. The van der Waals surface area contributed by atoms with Crippen molar-refractivity contribution in [2.45, 2.75) is 19.1 Å². The summed E-state index contributed by atoms with van der Waals surface area (Å²) < 4.78 is 50.2. The molecule has 1 rings (SSSR count). The van der Waals surface area contributed by atoms with Gasteiger partial charge in [0.2, 0.25) is 0 Å². The van der Waals surface area contributed by atoms with E-state index in [1.165, 1.54) is 13.1 Å². The van der Waals surface area contributed by atoms with E-state index in [0.717, 1.165) is 4.47 Å². The van der Waals surface area contributed by atoms with E-state index in [0.29, 0.717) is 5.56 Å². The molecule has 21 heavy (non-hydrogen) atoms. The van der Waals surface area contributed by atoms with Crippen molar-refractivity contribution in [2.24, 2.45) is 4.99 Å². The number of hydrogen-bond acceptors (Lipinski definition) is 1. The number of aliphatic imine (C=N–C) groups is 1. The van der Waals surface area contributed by atoms with Gasteiger partial charge in [0.1, 0.15) is 5.82 Å². The summed E-state index contributed by atoms with van der Waals surface area (Å²) in [6.45, 7) is -0.166. The minimum atomic E-state index is -4.22. The lowest BCUT2D eigenvalue weighted by Crippen LogP contribution is -2.38. The number of benzene rings is 1. The van der Waals surface area contributed by atoms with Crippen LogP contribution in [0, 0.1) is 5.82 Å². The molecule has 0 radical (unpaired) electrons. The van der Waals surface area contributed by atoms with Crippen LogP contribution in [-0.4, -0.2) is 25.7 Å². The fraction of sp³-hybridized carbons (Fsp3) is 0.417. The van der Waals surface area contributed by atoms with Gasteiger partial charge < -0.3 is 10.6 Å². The average Bonchev–Trinajstić information content (AvgIpc) is 2.36. The second-order valence-corrected chi connectivity index (χ2v) is 4.87. The lowest BCUT2D eigenvalue weighted by atomic mass is 10.2. The molecule has 0 spiro atoms. The van der Waals surface area contributed by atoms with Crippen LogP contribution in [0.2, 0.25) is 0 Å². The summed E-state index contributed by atoms with van der Waals surface area (Å²) in [5.74, 6) is -0.208. The van der Waals surface area contributed by atoms with E-state index in [1.54, 1.807) is 12.1 Å². The van der Waals surface area contributed by atoms with Crippen molar-refractivity contribution in [3.05, 3.63) is 34.1 Å². The number of nitrogens with zero attached hydrogens (tertiary/aromatic N) is 1. The van der Waals surface area contributed by atoms with E-state index in [2.05, 4.69) is 31.6 Å². The molecule has 3 nitrogen and oxygen atoms in total. The lowest BCUT2D eigenvalue weighted by Gasteiger charge is -2.13. The summed E-state index contributed by atoms with van der Waals surface area (Å²) in [6.07, 6.45) is -5.18. The first-order valence-corrected chi connectivity index (χ1v) is 6.56. The fourth-order valence-corrected chi connectivity index (χ4v) is 1.81. The maximum atomic E-state index is 13.5. The molecule has 0 amide bonds. The summed E-state index contributed by atoms with van der Waals surface area (Å²) in [5.41, 5.74) is 0.387. The second kappa shape index (κ2) is 9.44. The third-order valence-electron chi connectivity index (χ3n) is 2.38. The van der Waals surface area contributed by atoms with Gasteiger partial charge >= 0.3 is 6.18 Å². The first-order valence-electron chi connectivity index (χ1n) is 5.77. The Morgan fingerprint density at radius 1 is 1.29 bits per heavy atom. The van der Waals surface area contributed by atoms with Gasteiger partial charge in [0.25, 0.3) is 0 Å². The largest absolute Gasteiger partial charge is 0.390 e. The van der Waals surface area contributed by atoms with Crippen LogP contribution in [0.15, 0.2) is 27.7 Å². The minimum absolute atomic E-state index is 0. The van der Waals surface area contributed by atoms with E-state index >= 15 is 0 Å². The molecule has 0 heterocycles. The highest BCUT2D eigenvalue weighted by Gasteiger charge is 2.26. The van der Waals surface area contributed by atoms with Gasteiger partial charge in [-0.25, -0.2) is 4.39 Å². The average molecular weight is 484 g/mol. The van der Waals surface area contributed by atoms with Crippen LogP contribution >= 0.6 is 39.9 Å². The first kappa shape index (κ1) is 20.4. The Morgan fingerprint density at radius 2 is 1.95 bits per heavy atom. The van der Waals surface area contributed by atoms with E-state index in [4.69, 9.17) is 0 Å². The molecule has 9 heteroatoms. The summed E-state index contributed by atoms with van der Waals surface area (Å²) >= 11 is 3.22. The molecule has 2 N–H and O–H groups in total. The summed E-state index contributed by atoms with van der Waals surface area (Å²) in [6, 6.07) is 4.46. The highest BCUT2D eigenvalue weighted by atomic mass is 127. The molecule has 1 aromatic rings. The number of alkyl halides is 3. The molecule has 0 fully saturated rings. The van der Waals surface area contributed by atoms with Crippen molar-refractivity contribution in [3.63, 3.8) is 0 Å². The van der Waals surface area contributed by atoms with Crippen LogP contribution in [0.5, 0.6) is 0 Å². The molecule has 1 aromatic carbocycles. The van der Waals surface area contributed by atoms with Crippen molar-refractivity contribution in [1.82, 2.24) is 10.6 Å². The molecular formula is C12H15BrF4IN3. The maximum absolute atomic E-state index is 13.5. The lowest BCUT2D eigenvalue weighted by molar-refractivity contribution is -0.132. The topological polar surface area (TPSA) is 36.4 Å². The van der Waals surface area contributed by atoms with Crippen LogP contribution in [0.25, 0.3) is 0 Å². The maximum Gasteiger partial charge on any atom is 0.390 e. The van der Waals surface area contributed by atoms with Crippen molar-refractivity contribution >= 4 is 45.9 Å². The third kappa shape index (κ3) is 8.44. The van der Waals surface area contributed by atoms with Crippen LogP contribution < -0.4 is 10.6 Å². The zero-order chi connectivity index (χ0) is 15.2. The molecule has 0 unspecified atom stereocenters. The second-order valence-electron chi connectivity index (χ2n) is 3.95. The van der Waals surface area contributed by atoms with E-state index < -0.39 is 18.4 Å². The fourth-order valence-electron chi connectivity index (χ4n) is 1.40. The number of guanidine groups is 1. The monoisotopic (exact) mass is 483 g/mol. The number of nitrogens with one attached hydrogen (secondary N) is 2. The SMILES string of the molecule is CN=C(NCCC(F)(F)F)NCc1cc(Br)ccc1F.I. The predicted octanol–water partition coefficient (Wildman–Crippen LogP) is 3.82. The minimum Gasteiger partial charge on any atom is -0.356 e. The molecule has 0 aliphatic heterocycles. The van der Waals surface area contributed by atoms with Crippen molar-refractivity contribution in [2.75, 3.05) is 13.6 Å². The van der Waals surface area contributed by atoms with Gasteiger partial charge in [-0.15, -0.1) is 24.0 Å². The molecule has 0 atom stereocenters. The molecule has 0 saturated carbocycles. The summed E-state index contributed by atoms with van der Waals surface area (Å²) in [5, 5.41) is 5.27. The van der Waals surface area contributed by atoms with Gasteiger partial charge in [0, 0.05) is 30.2 Å². The smallest absolute Gasteiger partial charge is 0.356 e. The highest BCUT2D eigenvalue weighted by molar-refractivity contribution is 14.0. The quantitative estimate of drug-likeness (QED) is 0.295. The van der Waals surface area contributed by atoms with E-state index in [9.17, 15) is 17.6 Å². The standard InChI is InChI=1S/C12H14BrF4N3.HI/c1-18-11(19-5-4-12(15,16)17)20-7-8-6-9(13)2-3-10(8)14;/h2-3,6H,4-5,7H2,1H3,(H2,18,19,20);1H. The van der Waals surface area contributed by atoms with Crippen LogP contribution in [0.4, 0.5) is 17.6 Å². The highest BCUT2D eigenvalue weighted by Crippen LogP contribution is 2.18. The molecule has 120 valence electrons. The zero-order valence-electron chi connectivity index (χ0n) is 11.1. The van der Waals surface area contributed by atoms with E-state index in [-0.39, 0.29) is 43.0 Å². The van der Waals surface area contributed by atoms with Crippen LogP contribution in [0.3, 0.4) is 0 Å². The van der Waals surface area contributed by atoms with Gasteiger partial charge in [-0.1, -0.05) is 15.9 Å². The number of halogens is 6.